The number of benzene rings is 2. The minimum Gasteiger partial charge on any atom is -0.491 e. The van der Waals surface area contributed by atoms with E-state index in [4.69, 9.17) is 16.3 Å². The highest BCUT2D eigenvalue weighted by atomic mass is 35.5. The van der Waals surface area contributed by atoms with Crippen molar-refractivity contribution in [3.63, 3.8) is 0 Å². The van der Waals surface area contributed by atoms with Gasteiger partial charge in [-0.3, -0.25) is 14.9 Å². The summed E-state index contributed by atoms with van der Waals surface area (Å²) < 4.78 is 5.60. The third-order valence-corrected chi connectivity index (χ3v) is 3.46. The van der Waals surface area contributed by atoms with E-state index in [0.717, 1.165) is 11.6 Å². The number of ether oxygens (including phenoxy) is 1. The summed E-state index contributed by atoms with van der Waals surface area (Å²) in [5.74, 6) is 0.240. The van der Waals surface area contributed by atoms with E-state index in [0.29, 0.717) is 5.75 Å². The zero-order valence-corrected chi connectivity index (χ0v) is 14.0. The Labute approximate surface area is 144 Å². The molecule has 0 heterocycles. The summed E-state index contributed by atoms with van der Waals surface area (Å²) in [5.41, 5.74) is 0.736. The molecule has 7 heteroatoms. The van der Waals surface area contributed by atoms with Gasteiger partial charge in [0, 0.05) is 18.7 Å². The predicted octanol–water partition coefficient (Wildman–Crippen LogP) is 3.97. The van der Waals surface area contributed by atoms with Gasteiger partial charge in [-0.1, -0.05) is 23.7 Å². The smallest absolute Gasteiger partial charge is 0.270 e. The zero-order valence-electron chi connectivity index (χ0n) is 13.3. The van der Waals surface area contributed by atoms with Crippen LogP contribution in [-0.2, 0) is 6.54 Å². The fraction of sp³-hybridized carbons (Fsp3) is 0.235. The summed E-state index contributed by atoms with van der Waals surface area (Å²) in [4.78, 5) is 22.5. The first-order chi connectivity index (χ1) is 11.4. The average Bonchev–Trinajstić information content (AvgIpc) is 2.52. The normalized spacial score (nSPS) is 10.5. The van der Waals surface area contributed by atoms with E-state index >= 15 is 0 Å². The standard InChI is InChI=1S/C17H17ClN2O4/c1-11(2)24-14-5-3-4-12(8-14)10-19-17(21)15-9-13(20(22)23)6-7-16(15)18/h3-9,11H,10H2,1-2H3,(H,19,21). The van der Waals surface area contributed by atoms with Crippen LogP contribution in [-0.4, -0.2) is 16.9 Å². The summed E-state index contributed by atoms with van der Waals surface area (Å²) in [6.07, 6.45) is 0.0542. The molecular weight excluding hydrogens is 332 g/mol. The van der Waals surface area contributed by atoms with E-state index in [1.165, 1.54) is 12.1 Å². The van der Waals surface area contributed by atoms with Crippen LogP contribution in [0.1, 0.15) is 29.8 Å². The lowest BCUT2D eigenvalue weighted by Gasteiger charge is -2.11. The van der Waals surface area contributed by atoms with E-state index in [1.54, 1.807) is 0 Å². The summed E-state index contributed by atoms with van der Waals surface area (Å²) >= 11 is 5.96. The van der Waals surface area contributed by atoms with Crippen molar-refractivity contribution in [3.05, 3.63) is 68.7 Å². The second-order valence-corrected chi connectivity index (χ2v) is 5.83. The number of hydrogen-bond acceptors (Lipinski definition) is 4. The Morgan fingerprint density at radius 3 is 2.71 bits per heavy atom. The Morgan fingerprint density at radius 1 is 1.29 bits per heavy atom. The van der Waals surface area contributed by atoms with Gasteiger partial charge in [-0.25, -0.2) is 0 Å². The maximum absolute atomic E-state index is 12.2. The summed E-state index contributed by atoms with van der Waals surface area (Å²) in [6.45, 7) is 4.12. The number of carbonyl (C=O) groups is 1. The van der Waals surface area contributed by atoms with Gasteiger partial charge in [0.2, 0.25) is 0 Å². The minimum atomic E-state index is -0.570. The number of nitrogens with one attached hydrogen (secondary N) is 1. The summed E-state index contributed by atoms with van der Waals surface area (Å²) in [6, 6.07) is 11.1. The number of nitro groups is 1. The van der Waals surface area contributed by atoms with Gasteiger partial charge in [0.15, 0.2) is 0 Å². The lowest BCUT2D eigenvalue weighted by molar-refractivity contribution is -0.384. The molecule has 0 radical (unpaired) electrons. The molecule has 2 rings (SSSR count). The van der Waals surface area contributed by atoms with Crippen molar-refractivity contribution >= 4 is 23.2 Å². The molecule has 0 saturated heterocycles. The molecule has 0 atom stereocenters. The first-order valence-corrected chi connectivity index (χ1v) is 7.72. The van der Waals surface area contributed by atoms with Crippen molar-refractivity contribution in [3.8, 4) is 5.75 Å². The molecule has 2 aromatic rings. The van der Waals surface area contributed by atoms with Gasteiger partial charge in [-0.05, 0) is 37.6 Å². The van der Waals surface area contributed by atoms with E-state index in [9.17, 15) is 14.9 Å². The van der Waals surface area contributed by atoms with Crippen LogP contribution >= 0.6 is 11.6 Å². The number of halogens is 1. The molecule has 24 heavy (non-hydrogen) atoms. The zero-order chi connectivity index (χ0) is 17.7. The van der Waals surface area contributed by atoms with E-state index < -0.39 is 10.8 Å². The van der Waals surface area contributed by atoms with Crippen LogP contribution in [0.4, 0.5) is 5.69 Å². The van der Waals surface area contributed by atoms with Crippen molar-refractivity contribution in [1.82, 2.24) is 5.32 Å². The number of hydrogen-bond donors (Lipinski definition) is 1. The van der Waals surface area contributed by atoms with Crippen LogP contribution < -0.4 is 10.1 Å². The SMILES string of the molecule is CC(C)Oc1cccc(CNC(=O)c2cc([N+](=O)[O-])ccc2Cl)c1. The van der Waals surface area contributed by atoms with E-state index in [2.05, 4.69) is 5.32 Å². The second kappa shape index (κ2) is 7.79. The highest BCUT2D eigenvalue weighted by Gasteiger charge is 2.15. The molecule has 126 valence electrons. The molecule has 0 aliphatic rings. The first kappa shape index (κ1) is 17.7. The van der Waals surface area contributed by atoms with Crippen LogP contribution in [0.2, 0.25) is 5.02 Å². The molecule has 2 aromatic carbocycles. The number of nitrogens with zero attached hydrogens (tertiary/aromatic N) is 1. The minimum absolute atomic E-state index is 0.0542. The highest BCUT2D eigenvalue weighted by molar-refractivity contribution is 6.33. The van der Waals surface area contributed by atoms with Crippen LogP contribution in [0.15, 0.2) is 42.5 Å². The van der Waals surface area contributed by atoms with Gasteiger partial charge < -0.3 is 10.1 Å². The Kier molecular flexibility index (Phi) is 5.76. The van der Waals surface area contributed by atoms with Gasteiger partial charge >= 0.3 is 0 Å². The highest BCUT2D eigenvalue weighted by Crippen LogP contribution is 2.22. The van der Waals surface area contributed by atoms with Crippen molar-refractivity contribution < 1.29 is 14.5 Å². The van der Waals surface area contributed by atoms with Crippen LogP contribution in [0.3, 0.4) is 0 Å². The van der Waals surface area contributed by atoms with Crippen molar-refractivity contribution in [2.45, 2.75) is 26.5 Å². The summed E-state index contributed by atoms with van der Waals surface area (Å²) in [7, 11) is 0. The number of carbonyl (C=O) groups excluding carboxylic acids is 1. The van der Waals surface area contributed by atoms with Crippen molar-refractivity contribution in [2.24, 2.45) is 0 Å². The van der Waals surface area contributed by atoms with Crippen molar-refractivity contribution in [2.75, 3.05) is 0 Å². The molecule has 0 aromatic heterocycles. The number of rotatable bonds is 6. The van der Waals surface area contributed by atoms with Crippen molar-refractivity contribution in [1.29, 1.82) is 0 Å². The molecule has 6 nitrogen and oxygen atoms in total. The molecule has 0 aliphatic carbocycles. The second-order valence-electron chi connectivity index (χ2n) is 5.42. The van der Waals surface area contributed by atoms with Gasteiger partial charge in [0.05, 0.1) is 21.6 Å². The molecular formula is C17H17ClN2O4. The maximum Gasteiger partial charge on any atom is 0.270 e. The first-order valence-electron chi connectivity index (χ1n) is 7.34. The van der Waals surface area contributed by atoms with Gasteiger partial charge in [-0.2, -0.15) is 0 Å². The molecule has 0 spiro atoms. The Morgan fingerprint density at radius 2 is 2.04 bits per heavy atom. The Bertz CT molecular complexity index is 762. The topological polar surface area (TPSA) is 81.5 Å². The van der Waals surface area contributed by atoms with E-state index in [1.807, 2.05) is 38.1 Å². The van der Waals surface area contributed by atoms with Crippen LogP contribution in [0, 0.1) is 10.1 Å². The lowest BCUT2D eigenvalue weighted by atomic mass is 10.1. The van der Waals surface area contributed by atoms with Crippen LogP contribution in [0.25, 0.3) is 0 Å². The fourth-order valence-electron chi connectivity index (χ4n) is 2.08. The molecule has 1 N–H and O–H groups in total. The predicted molar refractivity (Wildman–Crippen MR) is 91.5 cm³/mol. The molecule has 1 amide bonds. The fourth-order valence-corrected chi connectivity index (χ4v) is 2.28. The quantitative estimate of drug-likeness (QED) is 0.632. The molecule has 0 fully saturated rings. The lowest BCUT2D eigenvalue weighted by Crippen LogP contribution is -2.23. The van der Waals surface area contributed by atoms with Crippen LogP contribution in [0.5, 0.6) is 5.75 Å². The van der Waals surface area contributed by atoms with E-state index in [-0.39, 0.29) is 28.9 Å². The summed E-state index contributed by atoms with van der Waals surface area (Å²) in [5, 5.41) is 13.7. The monoisotopic (exact) mass is 348 g/mol. The molecule has 0 unspecified atom stereocenters. The van der Waals surface area contributed by atoms with Gasteiger partial charge in [0.25, 0.3) is 11.6 Å². The third kappa shape index (κ3) is 4.70. The largest absolute Gasteiger partial charge is 0.491 e. The molecule has 0 saturated carbocycles. The third-order valence-electron chi connectivity index (χ3n) is 3.13. The Hall–Kier alpha value is -2.60. The Balaban J connectivity index is 2.08. The average molecular weight is 349 g/mol. The molecule has 0 bridgehead atoms. The number of nitro benzene ring substituents is 1. The number of amides is 1. The van der Waals surface area contributed by atoms with Gasteiger partial charge in [-0.15, -0.1) is 0 Å². The van der Waals surface area contributed by atoms with Gasteiger partial charge in [0.1, 0.15) is 5.75 Å². The number of non-ortho nitro benzene ring substituents is 1. The molecule has 0 aliphatic heterocycles. The maximum atomic E-state index is 12.2.